The van der Waals surface area contributed by atoms with Crippen LogP contribution in [0.4, 0.5) is 5.69 Å². The van der Waals surface area contributed by atoms with E-state index in [0.717, 1.165) is 10.6 Å². The molecule has 2 heterocycles. The van der Waals surface area contributed by atoms with Crippen molar-refractivity contribution in [1.29, 1.82) is 0 Å². The summed E-state index contributed by atoms with van der Waals surface area (Å²) in [6.45, 7) is 0. The van der Waals surface area contributed by atoms with Crippen LogP contribution in [0.5, 0.6) is 0 Å². The fourth-order valence-corrected chi connectivity index (χ4v) is 2.09. The molecule has 2 amide bonds. The van der Waals surface area contributed by atoms with Crippen molar-refractivity contribution in [3.63, 3.8) is 0 Å². The van der Waals surface area contributed by atoms with Crippen molar-refractivity contribution >= 4 is 17.5 Å². The lowest BCUT2D eigenvalue weighted by atomic mass is 10.1. The number of amides is 2. The van der Waals surface area contributed by atoms with Crippen molar-refractivity contribution in [3.8, 4) is 0 Å². The number of hydrogen-bond donors (Lipinski definition) is 0. The Balaban J connectivity index is 1.99. The van der Waals surface area contributed by atoms with Gasteiger partial charge in [-0.3, -0.25) is 14.5 Å². The fourth-order valence-electron chi connectivity index (χ4n) is 2.09. The third-order valence-corrected chi connectivity index (χ3v) is 3.02. The highest BCUT2D eigenvalue weighted by molar-refractivity contribution is 6.10. The molecule has 2 aliphatic rings. The Bertz CT molecular complexity index is 513. The van der Waals surface area contributed by atoms with Gasteiger partial charge in [0.25, 0.3) is 11.8 Å². The number of carbonyl (C=O) groups excluding carboxylic acids is 2. The van der Waals surface area contributed by atoms with Gasteiger partial charge in [-0.2, -0.15) is 5.11 Å². The largest absolute Gasteiger partial charge is 0.282 e. The molecule has 0 saturated carbocycles. The summed E-state index contributed by atoms with van der Waals surface area (Å²) in [5.74, 6) is -0.545. The molecule has 3 rings (SSSR count). The summed E-state index contributed by atoms with van der Waals surface area (Å²) in [4.78, 5) is 24.7. The lowest BCUT2D eigenvalue weighted by Gasteiger charge is -2.18. The molecule has 17 heavy (non-hydrogen) atoms. The maximum Gasteiger partial charge on any atom is 0.258 e. The van der Waals surface area contributed by atoms with Crippen molar-refractivity contribution in [2.45, 2.75) is 12.1 Å². The SMILES string of the molecule is CN1C(=O)[C@H]2N=NN(c3ccccc3)[C@H]2C1=O. The van der Waals surface area contributed by atoms with Crippen LogP contribution in [0.25, 0.3) is 0 Å². The maximum atomic E-state index is 11.9. The van der Waals surface area contributed by atoms with Gasteiger partial charge < -0.3 is 0 Å². The van der Waals surface area contributed by atoms with Crippen molar-refractivity contribution in [3.05, 3.63) is 30.3 Å². The zero-order valence-electron chi connectivity index (χ0n) is 9.15. The lowest BCUT2D eigenvalue weighted by Crippen LogP contribution is -2.38. The second-order valence-electron chi connectivity index (χ2n) is 4.01. The van der Waals surface area contributed by atoms with E-state index in [4.69, 9.17) is 0 Å². The summed E-state index contributed by atoms with van der Waals surface area (Å²) in [7, 11) is 1.47. The van der Waals surface area contributed by atoms with Gasteiger partial charge in [0.05, 0.1) is 5.69 Å². The van der Waals surface area contributed by atoms with E-state index in [2.05, 4.69) is 10.3 Å². The average molecular weight is 230 g/mol. The highest BCUT2D eigenvalue weighted by atomic mass is 16.2. The molecule has 1 aromatic carbocycles. The van der Waals surface area contributed by atoms with E-state index in [0.29, 0.717) is 0 Å². The molecule has 0 bridgehead atoms. The first-order valence-electron chi connectivity index (χ1n) is 5.26. The molecule has 6 heteroatoms. The highest BCUT2D eigenvalue weighted by Gasteiger charge is 2.53. The molecule has 6 nitrogen and oxygen atoms in total. The Hall–Kier alpha value is -2.24. The van der Waals surface area contributed by atoms with Crippen molar-refractivity contribution in [2.24, 2.45) is 10.3 Å². The molecule has 1 fully saturated rings. The predicted octanol–water partition coefficient (Wildman–Crippen LogP) is 0.610. The number of fused-ring (bicyclic) bond motifs is 1. The minimum absolute atomic E-state index is 0.256. The van der Waals surface area contributed by atoms with E-state index < -0.39 is 12.1 Å². The Morgan fingerprint density at radius 3 is 2.53 bits per heavy atom. The average Bonchev–Trinajstić information content (AvgIpc) is 2.88. The number of likely N-dealkylation sites (tertiary alicyclic amines) is 1. The predicted molar refractivity (Wildman–Crippen MR) is 59.1 cm³/mol. The molecule has 86 valence electrons. The normalized spacial score (nSPS) is 26.9. The first-order chi connectivity index (χ1) is 8.20. The molecule has 0 unspecified atom stereocenters. The summed E-state index contributed by atoms with van der Waals surface area (Å²) in [6.07, 6.45) is 0. The number of imide groups is 1. The van der Waals surface area contributed by atoms with Crippen LogP contribution in [0.15, 0.2) is 40.7 Å². The minimum atomic E-state index is -0.687. The van der Waals surface area contributed by atoms with Crippen molar-refractivity contribution < 1.29 is 9.59 Å². The van der Waals surface area contributed by atoms with Gasteiger partial charge in [0.1, 0.15) is 0 Å². The molecule has 2 atom stereocenters. The number of benzene rings is 1. The van der Waals surface area contributed by atoms with Crippen LogP contribution in [0.1, 0.15) is 0 Å². The van der Waals surface area contributed by atoms with Gasteiger partial charge in [0, 0.05) is 7.05 Å². The lowest BCUT2D eigenvalue weighted by molar-refractivity contribution is -0.137. The molecule has 1 aromatic rings. The Labute approximate surface area is 97.5 Å². The van der Waals surface area contributed by atoms with Gasteiger partial charge in [-0.15, -0.1) is 0 Å². The molecule has 0 spiro atoms. The highest BCUT2D eigenvalue weighted by Crippen LogP contribution is 2.31. The zero-order chi connectivity index (χ0) is 12.0. The van der Waals surface area contributed by atoms with Crippen LogP contribution in [0.3, 0.4) is 0 Å². The van der Waals surface area contributed by atoms with Crippen LogP contribution >= 0.6 is 0 Å². The van der Waals surface area contributed by atoms with Crippen LogP contribution in [-0.4, -0.2) is 35.8 Å². The number of carbonyl (C=O) groups is 2. The summed E-state index contributed by atoms with van der Waals surface area (Å²) >= 11 is 0. The van der Waals surface area contributed by atoms with E-state index in [1.807, 2.05) is 30.3 Å². The summed E-state index contributed by atoms with van der Waals surface area (Å²) in [6, 6.07) is 7.94. The van der Waals surface area contributed by atoms with Gasteiger partial charge in [-0.05, 0) is 12.1 Å². The Morgan fingerprint density at radius 1 is 1.12 bits per heavy atom. The number of anilines is 1. The zero-order valence-corrected chi connectivity index (χ0v) is 9.15. The topological polar surface area (TPSA) is 65.3 Å². The van der Waals surface area contributed by atoms with Crippen LogP contribution in [-0.2, 0) is 9.59 Å². The van der Waals surface area contributed by atoms with Gasteiger partial charge in [-0.25, -0.2) is 5.01 Å². The number of para-hydroxylation sites is 1. The van der Waals surface area contributed by atoms with E-state index >= 15 is 0 Å². The summed E-state index contributed by atoms with van der Waals surface area (Å²) in [5, 5.41) is 9.30. The molecule has 0 aromatic heterocycles. The van der Waals surface area contributed by atoms with Crippen molar-refractivity contribution in [1.82, 2.24) is 4.90 Å². The van der Waals surface area contributed by atoms with Crippen molar-refractivity contribution in [2.75, 3.05) is 12.1 Å². The van der Waals surface area contributed by atoms with Crippen LogP contribution < -0.4 is 5.01 Å². The second kappa shape index (κ2) is 3.38. The third-order valence-electron chi connectivity index (χ3n) is 3.02. The standard InChI is InChI=1S/C11H10N4O2/c1-14-10(16)8-9(11(14)17)15(13-12-8)7-5-3-2-4-6-7/h2-6,8-9H,1H3/t8-,9+/m0/s1. The monoisotopic (exact) mass is 230 g/mol. The molecule has 0 radical (unpaired) electrons. The van der Waals surface area contributed by atoms with Crippen LogP contribution in [0, 0.1) is 0 Å². The van der Waals surface area contributed by atoms with Gasteiger partial charge in [0.2, 0.25) is 0 Å². The Morgan fingerprint density at radius 2 is 1.82 bits per heavy atom. The molecular formula is C11H10N4O2. The molecule has 0 aliphatic carbocycles. The smallest absolute Gasteiger partial charge is 0.258 e. The molecule has 0 N–H and O–H groups in total. The minimum Gasteiger partial charge on any atom is -0.282 e. The quantitative estimate of drug-likeness (QED) is 0.664. The maximum absolute atomic E-state index is 11.9. The second-order valence-corrected chi connectivity index (χ2v) is 4.01. The first kappa shape index (κ1) is 9.95. The molecule has 1 saturated heterocycles. The Kier molecular flexibility index (Phi) is 1.98. The van der Waals surface area contributed by atoms with Crippen LogP contribution in [0.2, 0.25) is 0 Å². The van der Waals surface area contributed by atoms with E-state index in [1.165, 1.54) is 12.1 Å². The number of likely N-dealkylation sites (N-methyl/N-ethyl adjacent to an activating group) is 1. The van der Waals surface area contributed by atoms with Gasteiger partial charge >= 0.3 is 0 Å². The number of rotatable bonds is 1. The van der Waals surface area contributed by atoms with E-state index in [9.17, 15) is 9.59 Å². The summed E-state index contributed by atoms with van der Waals surface area (Å²) < 4.78 is 0. The number of nitrogens with zero attached hydrogens (tertiary/aromatic N) is 4. The number of hydrogen-bond acceptors (Lipinski definition) is 5. The summed E-state index contributed by atoms with van der Waals surface area (Å²) in [5.41, 5.74) is 0.764. The molecular weight excluding hydrogens is 220 g/mol. The fraction of sp³-hybridized carbons (Fsp3) is 0.273. The molecule has 2 aliphatic heterocycles. The van der Waals surface area contributed by atoms with E-state index in [1.54, 1.807) is 0 Å². The first-order valence-corrected chi connectivity index (χ1v) is 5.26. The third kappa shape index (κ3) is 1.27. The van der Waals surface area contributed by atoms with Gasteiger partial charge in [0.15, 0.2) is 12.1 Å². The van der Waals surface area contributed by atoms with Gasteiger partial charge in [-0.1, -0.05) is 23.4 Å². The van der Waals surface area contributed by atoms with E-state index in [-0.39, 0.29) is 11.8 Å².